The molecular formula is C20H14N2. The van der Waals surface area contributed by atoms with E-state index in [0.717, 1.165) is 23.0 Å². The molecule has 0 bridgehead atoms. The van der Waals surface area contributed by atoms with E-state index >= 15 is 0 Å². The Morgan fingerprint density at radius 2 is 1.91 bits per heavy atom. The Morgan fingerprint density at radius 1 is 1.05 bits per heavy atom. The number of aryl methyl sites for hydroxylation is 1. The van der Waals surface area contributed by atoms with Gasteiger partial charge in [0.2, 0.25) is 0 Å². The summed E-state index contributed by atoms with van der Waals surface area (Å²) in [5, 5.41) is 10.1. The number of benzene rings is 2. The Labute approximate surface area is 129 Å². The Hall–Kier alpha value is -2.92. The summed E-state index contributed by atoms with van der Waals surface area (Å²) in [6, 6.07) is 18.4. The molecule has 4 rings (SSSR count). The lowest BCUT2D eigenvalue weighted by Crippen LogP contribution is -1.93. The van der Waals surface area contributed by atoms with Gasteiger partial charge < -0.3 is 0 Å². The zero-order valence-electron chi connectivity index (χ0n) is 12.3. The van der Waals surface area contributed by atoms with Crippen molar-refractivity contribution in [1.82, 2.24) is 4.98 Å². The summed E-state index contributed by atoms with van der Waals surface area (Å²) in [6.07, 6.45) is 3.22. The van der Waals surface area contributed by atoms with Crippen LogP contribution in [0, 0.1) is 18.3 Å². The number of aromatic nitrogens is 1. The second kappa shape index (κ2) is 4.82. The predicted octanol–water partition coefficient (Wildman–Crippen LogP) is 4.40. The van der Waals surface area contributed by atoms with Gasteiger partial charge in [0.05, 0.1) is 22.8 Å². The van der Waals surface area contributed by atoms with Crippen molar-refractivity contribution in [3.63, 3.8) is 0 Å². The molecule has 2 aromatic carbocycles. The first kappa shape index (κ1) is 12.8. The molecule has 0 aliphatic heterocycles. The molecule has 0 saturated carbocycles. The molecule has 1 aromatic heterocycles. The van der Waals surface area contributed by atoms with E-state index in [4.69, 9.17) is 4.98 Å². The lowest BCUT2D eigenvalue weighted by Gasteiger charge is -2.09. The summed E-state index contributed by atoms with van der Waals surface area (Å²) in [7, 11) is 0. The Morgan fingerprint density at radius 3 is 2.77 bits per heavy atom. The van der Waals surface area contributed by atoms with Crippen molar-refractivity contribution in [1.29, 1.82) is 5.26 Å². The summed E-state index contributed by atoms with van der Waals surface area (Å²) < 4.78 is 0. The van der Waals surface area contributed by atoms with E-state index in [0.29, 0.717) is 5.56 Å². The van der Waals surface area contributed by atoms with Crippen molar-refractivity contribution in [2.24, 2.45) is 0 Å². The average molecular weight is 282 g/mol. The zero-order valence-corrected chi connectivity index (χ0v) is 12.3. The number of hydrogen-bond donors (Lipinski definition) is 0. The van der Waals surface area contributed by atoms with Crippen molar-refractivity contribution in [3.8, 4) is 6.07 Å². The number of hydrogen-bond acceptors (Lipinski definition) is 2. The highest BCUT2D eigenvalue weighted by Gasteiger charge is 2.18. The third kappa shape index (κ3) is 1.83. The number of nitriles is 1. The quantitative estimate of drug-likeness (QED) is 0.663. The summed E-state index contributed by atoms with van der Waals surface area (Å²) >= 11 is 0. The van der Waals surface area contributed by atoms with Crippen LogP contribution in [0.3, 0.4) is 0 Å². The minimum Gasteiger partial charge on any atom is -0.248 e. The topological polar surface area (TPSA) is 36.7 Å². The summed E-state index contributed by atoms with van der Waals surface area (Å²) in [5.74, 6) is 0. The fourth-order valence-electron chi connectivity index (χ4n) is 3.18. The maximum Gasteiger partial charge on any atom is 0.0998 e. The first-order valence-corrected chi connectivity index (χ1v) is 7.37. The van der Waals surface area contributed by atoms with Crippen LogP contribution in [0.15, 0.2) is 54.6 Å². The van der Waals surface area contributed by atoms with Crippen LogP contribution in [0.1, 0.15) is 27.9 Å². The number of rotatable bonds is 1. The SMILES string of the molecule is Cc1cccc2c1CC=C2c1ccc2c(C#N)cccc2n1. The smallest absolute Gasteiger partial charge is 0.0998 e. The molecule has 0 saturated heterocycles. The average Bonchev–Trinajstić information content (AvgIpc) is 2.99. The van der Waals surface area contributed by atoms with Crippen LogP contribution in [-0.2, 0) is 6.42 Å². The van der Waals surface area contributed by atoms with Gasteiger partial charge >= 0.3 is 0 Å². The Bertz CT molecular complexity index is 975. The van der Waals surface area contributed by atoms with Gasteiger partial charge in [-0.25, -0.2) is 4.98 Å². The molecule has 0 spiro atoms. The molecule has 0 radical (unpaired) electrons. The van der Waals surface area contributed by atoms with Crippen LogP contribution >= 0.6 is 0 Å². The largest absolute Gasteiger partial charge is 0.248 e. The van der Waals surface area contributed by atoms with E-state index in [-0.39, 0.29) is 0 Å². The van der Waals surface area contributed by atoms with Crippen molar-refractivity contribution in [2.45, 2.75) is 13.3 Å². The molecule has 0 N–H and O–H groups in total. The van der Waals surface area contributed by atoms with Gasteiger partial charge in [-0.2, -0.15) is 5.26 Å². The van der Waals surface area contributed by atoms with Gasteiger partial charge in [0.1, 0.15) is 0 Å². The molecular weight excluding hydrogens is 268 g/mol. The van der Waals surface area contributed by atoms with Crippen LogP contribution in [0.25, 0.3) is 16.5 Å². The molecule has 1 heterocycles. The van der Waals surface area contributed by atoms with Crippen molar-refractivity contribution in [2.75, 3.05) is 0 Å². The molecule has 0 amide bonds. The third-order valence-electron chi connectivity index (χ3n) is 4.34. The molecule has 0 unspecified atom stereocenters. The maximum absolute atomic E-state index is 9.19. The van der Waals surface area contributed by atoms with Crippen molar-refractivity contribution in [3.05, 3.63) is 82.6 Å². The highest BCUT2D eigenvalue weighted by Crippen LogP contribution is 2.34. The van der Waals surface area contributed by atoms with Gasteiger partial charge in [0.15, 0.2) is 0 Å². The van der Waals surface area contributed by atoms with Gasteiger partial charge in [-0.1, -0.05) is 30.3 Å². The molecule has 104 valence electrons. The molecule has 1 aliphatic carbocycles. The maximum atomic E-state index is 9.19. The Kier molecular flexibility index (Phi) is 2.80. The normalized spacial score (nSPS) is 12.8. The van der Waals surface area contributed by atoms with Crippen molar-refractivity contribution >= 4 is 16.5 Å². The van der Waals surface area contributed by atoms with Gasteiger partial charge in [-0.15, -0.1) is 0 Å². The molecule has 0 atom stereocenters. The van der Waals surface area contributed by atoms with Crippen LogP contribution in [-0.4, -0.2) is 4.98 Å². The lowest BCUT2D eigenvalue weighted by molar-refractivity contribution is 1.24. The van der Waals surface area contributed by atoms with Gasteiger partial charge in [-0.3, -0.25) is 0 Å². The third-order valence-corrected chi connectivity index (χ3v) is 4.34. The van der Waals surface area contributed by atoms with Crippen LogP contribution in [0.4, 0.5) is 0 Å². The predicted molar refractivity (Wildman–Crippen MR) is 88.4 cm³/mol. The highest BCUT2D eigenvalue weighted by molar-refractivity contribution is 5.89. The number of pyridine rings is 1. The molecule has 3 aromatic rings. The second-order valence-corrected chi connectivity index (χ2v) is 5.60. The fraction of sp³-hybridized carbons (Fsp3) is 0.100. The van der Waals surface area contributed by atoms with Gasteiger partial charge in [0, 0.05) is 11.0 Å². The summed E-state index contributed by atoms with van der Waals surface area (Å²) in [5.41, 5.74) is 7.73. The Balaban J connectivity index is 1.88. The van der Waals surface area contributed by atoms with Crippen LogP contribution in [0.5, 0.6) is 0 Å². The first-order valence-electron chi connectivity index (χ1n) is 7.37. The van der Waals surface area contributed by atoms with E-state index in [1.165, 1.54) is 22.3 Å². The molecule has 2 nitrogen and oxygen atoms in total. The zero-order chi connectivity index (χ0) is 15.1. The monoisotopic (exact) mass is 282 g/mol. The minimum absolute atomic E-state index is 0.674. The number of nitrogens with zero attached hydrogens (tertiary/aromatic N) is 2. The van der Waals surface area contributed by atoms with E-state index in [1.54, 1.807) is 0 Å². The van der Waals surface area contributed by atoms with E-state index in [9.17, 15) is 5.26 Å². The fourth-order valence-corrected chi connectivity index (χ4v) is 3.18. The highest BCUT2D eigenvalue weighted by atomic mass is 14.7. The molecule has 1 aliphatic rings. The van der Waals surface area contributed by atoms with E-state index < -0.39 is 0 Å². The van der Waals surface area contributed by atoms with Crippen molar-refractivity contribution < 1.29 is 0 Å². The summed E-state index contributed by atoms with van der Waals surface area (Å²) in [4.78, 5) is 4.77. The molecule has 2 heteroatoms. The molecule has 22 heavy (non-hydrogen) atoms. The number of fused-ring (bicyclic) bond motifs is 2. The lowest BCUT2D eigenvalue weighted by atomic mass is 9.99. The molecule has 0 fully saturated rings. The minimum atomic E-state index is 0.674. The van der Waals surface area contributed by atoms with E-state index in [2.05, 4.69) is 37.3 Å². The first-order chi connectivity index (χ1) is 10.8. The van der Waals surface area contributed by atoms with E-state index in [1.807, 2.05) is 30.3 Å². The number of allylic oxidation sites excluding steroid dienone is 1. The summed E-state index contributed by atoms with van der Waals surface area (Å²) in [6.45, 7) is 2.16. The standard InChI is InChI=1S/C20H14N2/c1-13-4-2-6-17-15(13)8-9-18(17)20-11-10-16-14(12-21)5-3-7-19(16)22-20/h2-7,9-11H,8H2,1H3. The van der Waals surface area contributed by atoms with Gasteiger partial charge in [-0.05, 0) is 54.3 Å². The van der Waals surface area contributed by atoms with Gasteiger partial charge in [0.25, 0.3) is 0 Å². The van der Waals surface area contributed by atoms with Crippen LogP contribution < -0.4 is 0 Å². The van der Waals surface area contributed by atoms with Crippen LogP contribution in [0.2, 0.25) is 0 Å². The second-order valence-electron chi connectivity index (χ2n) is 5.60.